The third kappa shape index (κ3) is 7.90. The van der Waals surface area contributed by atoms with Crippen LogP contribution in [0.25, 0.3) is 0 Å². The SMILES string of the molecule is COc1cc(C(c2cc(OC)c(O[Si](C)(C)C(C)(C)C)c(OC)c2)[C@H](C)[C@@H](C)C=O)cc(OC)c1O[Si](C)(C)C(C)(C)C. The molecule has 0 heterocycles. The van der Waals surface area contributed by atoms with Crippen LogP contribution in [0.1, 0.15) is 72.4 Å². The van der Waals surface area contributed by atoms with E-state index in [1.807, 2.05) is 31.2 Å². The van der Waals surface area contributed by atoms with E-state index >= 15 is 0 Å². The third-order valence-corrected chi connectivity index (χ3v) is 18.2. The van der Waals surface area contributed by atoms with E-state index in [-0.39, 0.29) is 27.8 Å². The number of hydrogen-bond donors (Lipinski definition) is 0. The fourth-order valence-electron chi connectivity index (χ4n) is 4.40. The molecule has 0 N–H and O–H groups in total. The number of carbonyl (C=O) groups excluding carboxylic acids is 1. The predicted molar refractivity (Wildman–Crippen MR) is 181 cm³/mol. The van der Waals surface area contributed by atoms with Crippen LogP contribution in [-0.2, 0) is 4.79 Å². The van der Waals surface area contributed by atoms with E-state index in [0.29, 0.717) is 34.5 Å². The van der Waals surface area contributed by atoms with Gasteiger partial charge in [-0.05, 0) is 77.6 Å². The number of ether oxygens (including phenoxy) is 4. The second-order valence-corrected chi connectivity index (χ2v) is 24.0. The summed E-state index contributed by atoms with van der Waals surface area (Å²) in [5.41, 5.74) is 1.86. The summed E-state index contributed by atoms with van der Waals surface area (Å²) in [7, 11) is 2.15. The van der Waals surface area contributed by atoms with Crippen molar-refractivity contribution in [3.8, 4) is 34.5 Å². The highest BCUT2D eigenvalue weighted by Gasteiger charge is 2.42. The van der Waals surface area contributed by atoms with Gasteiger partial charge in [0.05, 0.1) is 28.4 Å². The molecule has 2 aromatic carbocycles. The summed E-state index contributed by atoms with van der Waals surface area (Å²) >= 11 is 0. The Kier molecular flexibility index (Phi) is 11.5. The quantitative estimate of drug-likeness (QED) is 0.161. The predicted octanol–water partition coefficient (Wildman–Crippen LogP) is 9.09. The maximum Gasteiger partial charge on any atom is 0.250 e. The maximum absolute atomic E-state index is 12.1. The molecule has 2 atom stereocenters. The molecule has 0 aliphatic carbocycles. The molecule has 0 saturated heterocycles. The van der Waals surface area contributed by atoms with Crippen LogP contribution in [0.4, 0.5) is 0 Å². The molecule has 2 aromatic rings. The van der Waals surface area contributed by atoms with E-state index in [0.717, 1.165) is 17.4 Å². The molecule has 2 rings (SSSR count). The minimum absolute atomic E-state index is 0.0144. The summed E-state index contributed by atoms with van der Waals surface area (Å²) in [5.74, 6) is 3.02. The Morgan fingerprint density at radius 3 is 1.09 bits per heavy atom. The average molecular weight is 633 g/mol. The fraction of sp³-hybridized carbons (Fsp3) is 0.618. The lowest BCUT2D eigenvalue weighted by Gasteiger charge is -2.38. The van der Waals surface area contributed by atoms with Gasteiger partial charge in [-0.15, -0.1) is 0 Å². The summed E-state index contributed by atoms with van der Waals surface area (Å²) < 4.78 is 37.1. The van der Waals surface area contributed by atoms with Gasteiger partial charge in [-0.3, -0.25) is 0 Å². The fourth-order valence-corrected chi connectivity index (χ4v) is 6.44. The number of aldehydes is 1. The molecule has 0 bridgehead atoms. The Morgan fingerprint density at radius 2 is 0.884 bits per heavy atom. The van der Waals surface area contributed by atoms with Crippen molar-refractivity contribution in [2.45, 2.75) is 97.6 Å². The summed E-state index contributed by atoms with van der Waals surface area (Å²) in [6.45, 7) is 26.0. The molecule has 0 fully saturated rings. The lowest BCUT2D eigenvalue weighted by molar-refractivity contribution is -0.111. The van der Waals surface area contributed by atoms with Crippen LogP contribution in [0.5, 0.6) is 34.5 Å². The van der Waals surface area contributed by atoms with Gasteiger partial charge in [0, 0.05) is 11.8 Å². The van der Waals surface area contributed by atoms with Gasteiger partial charge in [-0.1, -0.05) is 55.4 Å². The van der Waals surface area contributed by atoms with Gasteiger partial charge in [-0.2, -0.15) is 0 Å². The Labute approximate surface area is 262 Å². The molecule has 0 spiro atoms. The summed E-state index contributed by atoms with van der Waals surface area (Å²) in [4.78, 5) is 12.1. The largest absolute Gasteiger partial charge is 0.539 e. The molecule has 0 unspecified atom stereocenters. The van der Waals surface area contributed by atoms with Crippen LogP contribution in [-0.4, -0.2) is 51.4 Å². The molecule has 0 radical (unpaired) electrons. The molecule has 7 nitrogen and oxygen atoms in total. The van der Waals surface area contributed by atoms with Crippen LogP contribution in [0.15, 0.2) is 24.3 Å². The minimum atomic E-state index is -2.21. The summed E-state index contributed by atoms with van der Waals surface area (Å²) in [6.07, 6.45) is 1.00. The van der Waals surface area contributed by atoms with Crippen molar-refractivity contribution < 1.29 is 32.6 Å². The highest BCUT2D eigenvalue weighted by Crippen LogP contribution is 2.51. The lowest BCUT2D eigenvalue weighted by Crippen LogP contribution is -2.44. The molecule has 0 aliphatic heterocycles. The molecule has 0 aromatic heterocycles. The number of methoxy groups -OCH3 is 4. The Balaban J connectivity index is 2.86. The first-order chi connectivity index (χ1) is 19.7. The minimum Gasteiger partial charge on any atom is -0.539 e. The zero-order valence-electron chi connectivity index (χ0n) is 29.5. The van der Waals surface area contributed by atoms with Crippen LogP contribution in [0, 0.1) is 11.8 Å². The highest BCUT2D eigenvalue weighted by atomic mass is 28.4. The Hall–Kier alpha value is -2.66. The molecule has 0 aliphatic rings. The van der Waals surface area contributed by atoms with Crippen molar-refractivity contribution in [3.05, 3.63) is 35.4 Å². The number of carbonyl (C=O) groups is 1. The van der Waals surface area contributed by atoms with Gasteiger partial charge >= 0.3 is 0 Å². The van der Waals surface area contributed by atoms with Crippen molar-refractivity contribution in [1.29, 1.82) is 0 Å². The van der Waals surface area contributed by atoms with E-state index < -0.39 is 16.6 Å². The van der Waals surface area contributed by atoms with Crippen molar-refractivity contribution in [1.82, 2.24) is 0 Å². The van der Waals surface area contributed by atoms with Gasteiger partial charge in [0.1, 0.15) is 6.29 Å². The maximum atomic E-state index is 12.1. The standard InChI is InChI=1S/C34H56O7Si2/c1-22(21-35)23(2)30(24-17-26(36-9)31(27(18-24)37-10)40-42(13,14)33(3,4)5)25-19-28(38-11)32(29(20-25)39-12)41-43(15,16)34(6,7)8/h17-23,30H,1-16H3/t22-,23+/m0/s1. The first-order valence-corrected chi connectivity index (χ1v) is 20.9. The average Bonchev–Trinajstić information content (AvgIpc) is 2.91. The first kappa shape index (κ1) is 36.5. The smallest absolute Gasteiger partial charge is 0.250 e. The molecule has 0 saturated carbocycles. The molecule has 242 valence electrons. The molecular weight excluding hydrogens is 577 g/mol. The van der Waals surface area contributed by atoms with Gasteiger partial charge in [0.2, 0.25) is 0 Å². The second kappa shape index (κ2) is 13.5. The van der Waals surface area contributed by atoms with Crippen molar-refractivity contribution >= 4 is 22.9 Å². The van der Waals surface area contributed by atoms with Crippen molar-refractivity contribution in [2.75, 3.05) is 28.4 Å². The van der Waals surface area contributed by atoms with E-state index in [2.05, 4.69) is 74.7 Å². The van der Waals surface area contributed by atoms with Gasteiger partial charge < -0.3 is 32.6 Å². The molecule has 0 amide bonds. The van der Waals surface area contributed by atoms with E-state index in [1.54, 1.807) is 28.4 Å². The van der Waals surface area contributed by atoms with Crippen LogP contribution >= 0.6 is 0 Å². The summed E-state index contributed by atoms with van der Waals surface area (Å²) in [6, 6.07) is 8.01. The van der Waals surface area contributed by atoms with E-state index in [9.17, 15) is 4.79 Å². The number of hydrogen-bond acceptors (Lipinski definition) is 7. The van der Waals surface area contributed by atoms with Gasteiger partial charge in [-0.25, -0.2) is 0 Å². The highest BCUT2D eigenvalue weighted by molar-refractivity contribution is 6.75. The second-order valence-electron chi connectivity index (χ2n) is 14.6. The normalized spacial score (nSPS) is 14.2. The lowest BCUT2D eigenvalue weighted by atomic mass is 9.76. The molecule has 43 heavy (non-hydrogen) atoms. The van der Waals surface area contributed by atoms with E-state index in [1.165, 1.54) is 0 Å². The zero-order valence-corrected chi connectivity index (χ0v) is 31.5. The van der Waals surface area contributed by atoms with E-state index in [4.69, 9.17) is 27.8 Å². The number of benzene rings is 2. The Morgan fingerprint density at radius 1 is 0.605 bits per heavy atom. The van der Waals surface area contributed by atoms with Crippen molar-refractivity contribution in [3.63, 3.8) is 0 Å². The molecule has 9 heteroatoms. The van der Waals surface area contributed by atoms with Gasteiger partial charge in [0.15, 0.2) is 34.5 Å². The zero-order chi connectivity index (χ0) is 33.1. The van der Waals surface area contributed by atoms with Gasteiger partial charge in [0.25, 0.3) is 16.6 Å². The van der Waals surface area contributed by atoms with Crippen LogP contribution < -0.4 is 27.8 Å². The topological polar surface area (TPSA) is 72.5 Å². The number of rotatable bonds is 13. The van der Waals surface area contributed by atoms with Crippen molar-refractivity contribution in [2.24, 2.45) is 11.8 Å². The Bertz CT molecular complexity index is 1120. The molecular formula is C34H56O7Si2. The summed E-state index contributed by atoms with van der Waals surface area (Å²) in [5, 5.41) is -0.0288. The van der Waals surface area contributed by atoms with Crippen LogP contribution in [0.2, 0.25) is 36.3 Å². The first-order valence-electron chi connectivity index (χ1n) is 15.0. The van der Waals surface area contributed by atoms with Crippen LogP contribution in [0.3, 0.4) is 0 Å². The monoisotopic (exact) mass is 632 g/mol. The third-order valence-electron chi connectivity index (χ3n) is 9.58.